The van der Waals surface area contributed by atoms with E-state index in [-0.39, 0.29) is 18.4 Å². The van der Waals surface area contributed by atoms with Crippen LogP contribution < -0.4 is 5.23 Å². The van der Waals surface area contributed by atoms with Crippen molar-refractivity contribution in [2.75, 3.05) is 4.43 Å². The number of esters is 1. The van der Waals surface area contributed by atoms with Crippen molar-refractivity contribution in [3.05, 3.63) is 0 Å². The van der Waals surface area contributed by atoms with Crippen molar-refractivity contribution in [2.24, 2.45) is 0 Å². The lowest BCUT2D eigenvalue weighted by Crippen LogP contribution is -2.37. The lowest BCUT2D eigenvalue weighted by Gasteiger charge is -2.22. The predicted octanol–water partition coefficient (Wildman–Crippen LogP) is 1.31. The van der Waals surface area contributed by atoms with Gasteiger partial charge in [-0.3, -0.25) is 4.79 Å². The molecule has 1 radical (unpaired) electrons. The highest BCUT2D eigenvalue weighted by atomic mass is 127. The van der Waals surface area contributed by atoms with Gasteiger partial charge in [0.1, 0.15) is 5.60 Å². The van der Waals surface area contributed by atoms with Crippen LogP contribution >= 0.6 is 22.6 Å². The summed E-state index contributed by atoms with van der Waals surface area (Å²) in [6.07, 6.45) is 1.78. The lowest BCUT2D eigenvalue weighted by atomic mass is 9.95. The zero-order valence-corrected chi connectivity index (χ0v) is 12.1. The van der Waals surface area contributed by atoms with Crippen LogP contribution in [-0.2, 0) is 14.3 Å². The van der Waals surface area contributed by atoms with Gasteiger partial charge in [0.2, 0.25) is 0 Å². The summed E-state index contributed by atoms with van der Waals surface area (Å²) < 4.78 is 6.13. The normalized spacial score (nSPS) is 13.0. The molecule has 16 heavy (non-hydrogen) atoms. The first kappa shape index (κ1) is 15.9. The van der Waals surface area contributed by atoms with Gasteiger partial charge in [0.25, 0.3) is 7.41 Å². The van der Waals surface area contributed by atoms with Crippen LogP contribution in [0.5, 0.6) is 0 Å². The molecule has 0 amide bonds. The summed E-state index contributed by atoms with van der Waals surface area (Å²) in [5.74, 6) is -0.242. The Kier molecular flexibility index (Phi) is 8.00. The van der Waals surface area contributed by atoms with E-state index in [9.17, 15) is 9.59 Å². The second-order valence-corrected chi connectivity index (χ2v) is 5.51. The summed E-state index contributed by atoms with van der Waals surface area (Å²) in [6.45, 7) is 5.51. The summed E-state index contributed by atoms with van der Waals surface area (Å²) in [4.78, 5) is 21.7. The largest absolute Gasteiger partial charge is 0.460 e. The van der Waals surface area contributed by atoms with Crippen LogP contribution in [-0.4, -0.2) is 35.6 Å². The van der Waals surface area contributed by atoms with Crippen LogP contribution in [0, 0.1) is 0 Å². The fourth-order valence-corrected chi connectivity index (χ4v) is 1.89. The molecule has 91 valence electrons. The molecule has 0 saturated heterocycles. The maximum absolute atomic E-state index is 11.5. The Morgan fingerprint density at radius 3 is 2.62 bits per heavy atom. The van der Waals surface area contributed by atoms with Gasteiger partial charge in [-0.25, -0.2) is 0 Å². The Hall–Kier alpha value is -0.105. The van der Waals surface area contributed by atoms with Crippen molar-refractivity contribution in [1.29, 1.82) is 0 Å². The van der Waals surface area contributed by atoms with E-state index < -0.39 is 5.60 Å². The number of rotatable bonds is 7. The zero-order valence-electron chi connectivity index (χ0n) is 9.96. The highest BCUT2D eigenvalue weighted by Gasteiger charge is 2.19. The number of hydrogen-bond donors (Lipinski definition) is 1. The molecule has 4 nitrogen and oxygen atoms in total. The van der Waals surface area contributed by atoms with Crippen molar-refractivity contribution >= 4 is 42.2 Å². The number of alkyl halides is 1. The van der Waals surface area contributed by atoms with E-state index >= 15 is 0 Å². The van der Waals surface area contributed by atoms with Crippen LogP contribution in [0.1, 0.15) is 33.6 Å². The third-order valence-electron chi connectivity index (χ3n) is 1.69. The van der Waals surface area contributed by atoms with Gasteiger partial charge in [0, 0.05) is 10.5 Å². The predicted molar refractivity (Wildman–Crippen MR) is 73.4 cm³/mol. The summed E-state index contributed by atoms with van der Waals surface area (Å²) in [6, 6.07) is -0.0306. The average molecular weight is 338 g/mol. The van der Waals surface area contributed by atoms with E-state index in [0.29, 0.717) is 6.19 Å². The minimum absolute atomic E-state index is 0.0306. The van der Waals surface area contributed by atoms with E-state index in [1.807, 2.05) is 20.8 Å². The maximum atomic E-state index is 11.5. The van der Waals surface area contributed by atoms with Gasteiger partial charge >= 0.3 is 5.97 Å². The number of carbonyl (C=O) groups excluding carboxylic acids is 2. The van der Waals surface area contributed by atoms with Gasteiger partial charge in [-0.2, -0.15) is 0 Å². The Morgan fingerprint density at radius 1 is 1.56 bits per heavy atom. The van der Waals surface area contributed by atoms with Gasteiger partial charge in [0.15, 0.2) is 0 Å². The Bertz CT molecular complexity index is 231. The molecule has 0 spiro atoms. The molecule has 0 heterocycles. The average Bonchev–Trinajstić information content (AvgIpc) is 2.11. The molecule has 1 N–H and O–H groups in total. The number of ether oxygens (including phenoxy) is 1. The van der Waals surface area contributed by atoms with Crippen LogP contribution in [0.15, 0.2) is 0 Å². The van der Waals surface area contributed by atoms with Crippen LogP contribution in [0.3, 0.4) is 0 Å². The molecule has 0 aliphatic heterocycles. The monoisotopic (exact) mass is 338 g/mol. The SMILES string of the molecule is CC(C)(C)OC(=O)C[C@H](CCI)N[B]C=O. The van der Waals surface area contributed by atoms with Crippen molar-refractivity contribution in [3.8, 4) is 0 Å². The minimum Gasteiger partial charge on any atom is -0.460 e. The van der Waals surface area contributed by atoms with Gasteiger partial charge < -0.3 is 14.8 Å². The van der Waals surface area contributed by atoms with Crippen LogP contribution in [0.4, 0.5) is 0 Å². The third kappa shape index (κ3) is 9.14. The highest BCUT2D eigenvalue weighted by molar-refractivity contribution is 14.1. The first-order chi connectivity index (χ1) is 7.39. The molecule has 0 aromatic heterocycles. The summed E-state index contributed by atoms with van der Waals surface area (Å²) >= 11 is 2.24. The first-order valence-electron chi connectivity index (χ1n) is 5.20. The fourth-order valence-electron chi connectivity index (χ4n) is 1.14. The molecule has 0 saturated carbocycles. The Balaban J connectivity index is 4.06. The summed E-state index contributed by atoms with van der Waals surface area (Å²) in [5, 5.41) is 2.89. The van der Waals surface area contributed by atoms with E-state index in [0.717, 1.165) is 10.8 Å². The maximum Gasteiger partial charge on any atom is 0.307 e. The second-order valence-electron chi connectivity index (χ2n) is 4.43. The number of halogens is 1. The molecule has 0 aliphatic rings. The number of nitrogens with one attached hydrogen (secondary N) is 1. The van der Waals surface area contributed by atoms with E-state index in [1.165, 1.54) is 7.41 Å². The van der Waals surface area contributed by atoms with Crippen LogP contribution in [0.2, 0.25) is 0 Å². The van der Waals surface area contributed by atoms with Crippen molar-refractivity contribution < 1.29 is 14.3 Å². The molecular weight excluding hydrogens is 320 g/mol. The van der Waals surface area contributed by atoms with Crippen molar-refractivity contribution in [1.82, 2.24) is 5.23 Å². The van der Waals surface area contributed by atoms with Gasteiger partial charge in [-0.1, -0.05) is 22.6 Å². The zero-order chi connectivity index (χ0) is 12.6. The highest BCUT2D eigenvalue weighted by Crippen LogP contribution is 2.10. The molecule has 1 atom stereocenters. The topological polar surface area (TPSA) is 55.4 Å². The van der Waals surface area contributed by atoms with Crippen LogP contribution in [0.25, 0.3) is 0 Å². The van der Waals surface area contributed by atoms with Gasteiger partial charge in [-0.05, 0) is 27.2 Å². The van der Waals surface area contributed by atoms with E-state index in [4.69, 9.17) is 4.74 Å². The molecular formula is C10H18BINO3. The Labute approximate surface area is 111 Å². The molecule has 0 fully saturated rings. The van der Waals surface area contributed by atoms with Gasteiger partial charge in [-0.15, -0.1) is 0 Å². The van der Waals surface area contributed by atoms with Crippen molar-refractivity contribution in [2.45, 2.75) is 45.3 Å². The minimum atomic E-state index is -0.458. The Morgan fingerprint density at radius 2 is 2.19 bits per heavy atom. The quantitative estimate of drug-likeness (QED) is 0.250. The molecule has 6 heteroatoms. The number of carbonyl (C=O) groups is 2. The van der Waals surface area contributed by atoms with E-state index in [1.54, 1.807) is 0 Å². The molecule has 0 aromatic carbocycles. The first-order valence-corrected chi connectivity index (χ1v) is 6.72. The summed E-state index contributed by atoms with van der Waals surface area (Å²) in [7, 11) is 1.32. The molecule has 0 bridgehead atoms. The van der Waals surface area contributed by atoms with E-state index in [2.05, 4.69) is 27.8 Å². The summed E-state index contributed by atoms with van der Waals surface area (Å²) in [5.41, 5.74) is -0.458. The lowest BCUT2D eigenvalue weighted by molar-refractivity contribution is -0.155. The molecule has 0 aromatic rings. The number of hydrogen-bond acceptors (Lipinski definition) is 4. The second kappa shape index (κ2) is 8.05. The standard InChI is InChI=1S/C10H18BINO3/c1-10(2,3)16-9(15)6-8(4-5-12)13-11-7-14/h7-8,13H,4-6H2,1-3H3/t8-/m0/s1. The third-order valence-corrected chi connectivity index (χ3v) is 2.31. The molecule has 0 aliphatic carbocycles. The van der Waals surface area contributed by atoms with Crippen molar-refractivity contribution in [3.63, 3.8) is 0 Å². The molecule has 0 rings (SSSR count). The fraction of sp³-hybridized carbons (Fsp3) is 0.800. The smallest absolute Gasteiger partial charge is 0.307 e. The van der Waals surface area contributed by atoms with Gasteiger partial charge in [0.05, 0.1) is 12.6 Å². The molecule has 0 unspecified atom stereocenters.